The number of halogens is 2. The van der Waals surface area contributed by atoms with Gasteiger partial charge in [-0.05, 0) is 49.9 Å². The standard InChI is InChI=1S/C18H25F2N3O2/c1-12(13-3-5-21-6-4-13)7-18(25)23(2)11-17(24)22-16-9-14(19)8-15(20)10-16/h8-10,12-13,21H,3-7,11H2,1-2H3,(H,22,24). The summed E-state index contributed by atoms with van der Waals surface area (Å²) in [5.74, 6) is -1.35. The Morgan fingerprint density at radius 2 is 1.84 bits per heavy atom. The van der Waals surface area contributed by atoms with Crippen LogP contribution >= 0.6 is 0 Å². The van der Waals surface area contributed by atoms with Crippen molar-refractivity contribution >= 4 is 17.5 Å². The van der Waals surface area contributed by atoms with Crippen LogP contribution in [-0.4, -0.2) is 43.4 Å². The average Bonchev–Trinajstić information content (AvgIpc) is 2.54. The van der Waals surface area contributed by atoms with E-state index < -0.39 is 17.5 Å². The Hall–Kier alpha value is -2.02. The monoisotopic (exact) mass is 353 g/mol. The lowest BCUT2D eigenvalue weighted by atomic mass is 9.84. The van der Waals surface area contributed by atoms with E-state index >= 15 is 0 Å². The summed E-state index contributed by atoms with van der Waals surface area (Å²) >= 11 is 0. The van der Waals surface area contributed by atoms with Gasteiger partial charge in [0.1, 0.15) is 11.6 Å². The second kappa shape index (κ2) is 8.89. The summed E-state index contributed by atoms with van der Waals surface area (Å²) in [6, 6.07) is 2.79. The van der Waals surface area contributed by atoms with Crippen molar-refractivity contribution in [3.05, 3.63) is 29.8 Å². The minimum atomic E-state index is -0.768. The van der Waals surface area contributed by atoms with Gasteiger partial charge in [0.25, 0.3) is 0 Å². The number of rotatable bonds is 6. The molecule has 1 saturated heterocycles. The normalized spacial score (nSPS) is 16.3. The van der Waals surface area contributed by atoms with Crippen molar-refractivity contribution in [2.45, 2.75) is 26.2 Å². The molecule has 0 radical (unpaired) electrons. The van der Waals surface area contributed by atoms with Crippen LogP contribution < -0.4 is 10.6 Å². The molecule has 1 fully saturated rings. The van der Waals surface area contributed by atoms with Gasteiger partial charge in [0.15, 0.2) is 0 Å². The second-order valence-electron chi connectivity index (χ2n) is 6.72. The molecule has 0 spiro atoms. The molecule has 25 heavy (non-hydrogen) atoms. The van der Waals surface area contributed by atoms with Gasteiger partial charge in [-0.2, -0.15) is 0 Å². The number of amides is 2. The molecular formula is C18H25F2N3O2. The van der Waals surface area contributed by atoms with Gasteiger partial charge in [0.2, 0.25) is 11.8 Å². The number of nitrogens with one attached hydrogen (secondary N) is 2. The van der Waals surface area contributed by atoms with Crippen molar-refractivity contribution in [2.75, 3.05) is 32.0 Å². The van der Waals surface area contributed by atoms with E-state index in [1.54, 1.807) is 7.05 Å². The van der Waals surface area contributed by atoms with Crippen LogP contribution in [0.3, 0.4) is 0 Å². The van der Waals surface area contributed by atoms with Gasteiger partial charge < -0.3 is 15.5 Å². The van der Waals surface area contributed by atoms with Crippen LogP contribution in [0.4, 0.5) is 14.5 Å². The number of likely N-dealkylation sites (N-methyl/N-ethyl adjacent to an activating group) is 1. The van der Waals surface area contributed by atoms with E-state index in [9.17, 15) is 18.4 Å². The quantitative estimate of drug-likeness (QED) is 0.826. The molecule has 1 unspecified atom stereocenters. The van der Waals surface area contributed by atoms with Gasteiger partial charge in [-0.25, -0.2) is 8.78 Å². The molecule has 2 N–H and O–H groups in total. The van der Waals surface area contributed by atoms with Crippen molar-refractivity contribution in [1.29, 1.82) is 0 Å². The molecule has 1 aliphatic rings. The highest BCUT2D eigenvalue weighted by Gasteiger charge is 2.24. The third-order valence-corrected chi connectivity index (χ3v) is 4.64. The number of carbonyl (C=O) groups excluding carboxylic acids is 2. The zero-order chi connectivity index (χ0) is 18.4. The van der Waals surface area contributed by atoms with Crippen molar-refractivity contribution in [3.8, 4) is 0 Å². The zero-order valence-corrected chi connectivity index (χ0v) is 14.6. The van der Waals surface area contributed by atoms with Gasteiger partial charge in [0, 0.05) is 25.2 Å². The molecule has 0 aliphatic carbocycles. The smallest absolute Gasteiger partial charge is 0.243 e. The maximum atomic E-state index is 13.1. The summed E-state index contributed by atoms with van der Waals surface area (Å²) < 4.78 is 26.3. The molecule has 2 amide bonds. The van der Waals surface area contributed by atoms with Gasteiger partial charge in [-0.3, -0.25) is 9.59 Å². The molecule has 0 saturated carbocycles. The number of carbonyl (C=O) groups is 2. The van der Waals surface area contributed by atoms with Crippen LogP contribution in [0.5, 0.6) is 0 Å². The predicted octanol–water partition coefficient (Wildman–Crippen LogP) is 2.39. The number of nitrogens with zero attached hydrogens (tertiary/aromatic N) is 1. The third-order valence-electron chi connectivity index (χ3n) is 4.64. The number of piperidine rings is 1. The summed E-state index contributed by atoms with van der Waals surface area (Å²) in [7, 11) is 1.56. The van der Waals surface area contributed by atoms with Gasteiger partial charge >= 0.3 is 0 Å². The molecule has 1 aliphatic heterocycles. The number of hydrogen-bond acceptors (Lipinski definition) is 3. The van der Waals surface area contributed by atoms with Crippen LogP contribution in [0.2, 0.25) is 0 Å². The fourth-order valence-electron chi connectivity index (χ4n) is 3.14. The minimum absolute atomic E-state index is 0.0337. The Labute approximate surface area is 146 Å². The fourth-order valence-corrected chi connectivity index (χ4v) is 3.14. The Bertz CT molecular complexity index is 598. The molecule has 7 heteroatoms. The van der Waals surface area contributed by atoms with E-state index in [2.05, 4.69) is 17.6 Å². The van der Waals surface area contributed by atoms with Crippen molar-refractivity contribution in [3.63, 3.8) is 0 Å². The van der Waals surface area contributed by atoms with Gasteiger partial charge in [-0.15, -0.1) is 0 Å². The largest absolute Gasteiger partial charge is 0.336 e. The van der Waals surface area contributed by atoms with E-state index in [1.165, 1.54) is 4.90 Å². The van der Waals surface area contributed by atoms with Crippen LogP contribution in [0.15, 0.2) is 18.2 Å². The van der Waals surface area contributed by atoms with E-state index in [4.69, 9.17) is 0 Å². The lowest BCUT2D eigenvalue weighted by Crippen LogP contribution is -2.37. The summed E-state index contributed by atoms with van der Waals surface area (Å²) in [5, 5.41) is 5.71. The van der Waals surface area contributed by atoms with E-state index in [0.29, 0.717) is 12.3 Å². The highest BCUT2D eigenvalue weighted by Crippen LogP contribution is 2.24. The molecule has 5 nitrogen and oxygen atoms in total. The predicted molar refractivity (Wildman–Crippen MR) is 92.0 cm³/mol. The highest BCUT2D eigenvalue weighted by atomic mass is 19.1. The van der Waals surface area contributed by atoms with E-state index in [-0.39, 0.29) is 24.1 Å². The first-order chi connectivity index (χ1) is 11.8. The Kier molecular flexibility index (Phi) is 6.87. The molecule has 1 aromatic rings. The third kappa shape index (κ3) is 6.08. The number of hydrogen-bond donors (Lipinski definition) is 2. The summed E-state index contributed by atoms with van der Waals surface area (Å²) in [5.41, 5.74) is 0.0337. The van der Waals surface area contributed by atoms with Gasteiger partial charge in [0.05, 0.1) is 6.54 Å². The van der Waals surface area contributed by atoms with Crippen molar-refractivity contribution in [2.24, 2.45) is 11.8 Å². The molecule has 0 aromatic heterocycles. The molecule has 1 aromatic carbocycles. The maximum Gasteiger partial charge on any atom is 0.243 e. The lowest BCUT2D eigenvalue weighted by Gasteiger charge is -2.29. The molecule has 2 rings (SSSR count). The zero-order valence-electron chi connectivity index (χ0n) is 14.6. The van der Waals surface area contributed by atoms with Gasteiger partial charge in [-0.1, -0.05) is 6.92 Å². The molecule has 138 valence electrons. The molecule has 1 heterocycles. The molecule has 0 bridgehead atoms. The maximum absolute atomic E-state index is 13.1. The Balaban J connectivity index is 1.82. The van der Waals surface area contributed by atoms with Crippen LogP contribution in [0.1, 0.15) is 26.2 Å². The summed E-state index contributed by atoms with van der Waals surface area (Å²) in [6.07, 6.45) is 2.51. The molecular weight excluding hydrogens is 328 g/mol. The van der Waals surface area contributed by atoms with Crippen molar-refractivity contribution in [1.82, 2.24) is 10.2 Å². The fraction of sp³-hybridized carbons (Fsp3) is 0.556. The highest BCUT2D eigenvalue weighted by molar-refractivity contribution is 5.94. The van der Waals surface area contributed by atoms with Crippen LogP contribution in [0.25, 0.3) is 0 Å². The topological polar surface area (TPSA) is 61.4 Å². The Morgan fingerprint density at radius 3 is 2.44 bits per heavy atom. The first-order valence-electron chi connectivity index (χ1n) is 8.55. The summed E-state index contributed by atoms with van der Waals surface area (Å²) in [4.78, 5) is 25.6. The van der Waals surface area contributed by atoms with Crippen LogP contribution in [0, 0.1) is 23.5 Å². The number of anilines is 1. The average molecular weight is 353 g/mol. The molecule has 1 atom stereocenters. The van der Waals surface area contributed by atoms with E-state index in [1.807, 2.05) is 0 Å². The first kappa shape index (κ1) is 19.3. The van der Waals surface area contributed by atoms with Crippen LogP contribution in [-0.2, 0) is 9.59 Å². The van der Waals surface area contributed by atoms with E-state index in [0.717, 1.165) is 44.1 Å². The first-order valence-corrected chi connectivity index (χ1v) is 8.55. The summed E-state index contributed by atoms with van der Waals surface area (Å²) in [6.45, 7) is 3.87. The second-order valence-corrected chi connectivity index (χ2v) is 6.72. The Morgan fingerprint density at radius 1 is 1.24 bits per heavy atom. The number of benzene rings is 1. The minimum Gasteiger partial charge on any atom is -0.336 e. The lowest BCUT2D eigenvalue weighted by molar-refractivity contribution is -0.134. The van der Waals surface area contributed by atoms with Crippen molar-refractivity contribution < 1.29 is 18.4 Å². The SMILES string of the molecule is CC(CC(=O)N(C)CC(=O)Nc1cc(F)cc(F)c1)C1CCNCC1.